The van der Waals surface area contributed by atoms with Crippen molar-refractivity contribution in [2.24, 2.45) is 0 Å². The van der Waals surface area contributed by atoms with Crippen LogP contribution in [0.1, 0.15) is 22.2 Å². The summed E-state index contributed by atoms with van der Waals surface area (Å²) >= 11 is 1.21. The molecule has 0 unspecified atom stereocenters. The van der Waals surface area contributed by atoms with Crippen molar-refractivity contribution in [3.8, 4) is 0 Å². The van der Waals surface area contributed by atoms with Crippen molar-refractivity contribution < 1.29 is 14.3 Å². The zero-order chi connectivity index (χ0) is 14.5. The first-order valence-corrected chi connectivity index (χ1v) is 6.96. The molecule has 0 saturated heterocycles. The lowest BCUT2D eigenvalue weighted by molar-refractivity contribution is -0.116. The van der Waals surface area contributed by atoms with E-state index in [1.807, 2.05) is 6.92 Å². The topological polar surface area (TPSA) is 73.2 Å². The van der Waals surface area contributed by atoms with Crippen molar-refractivity contribution in [2.75, 3.05) is 11.9 Å². The number of aromatic nitrogens is 2. The van der Waals surface area contributed by atoms with Gasteiger partial charge >= 0.3 is 5.97 Å². The van der Waals surface area contributed by atoms with Crippen LogP contribution >= 0.6 is 11.3 Å². The van der Waals surface area contributed by atoms with Gasteiger partial charge in [0.25, 0.3) is 0 Å². The van der Waals surface area contributed by atoms with Gasteiger partial charge in [0, 0.05) is 12.4 Å². The molecule has 2 aromatic rings. The molecule has 0 aliphatic rings. The SMILES string of the molecule is CCOC(=O)c1sc(NC(=O)Cn2cccn2)cc1C. The summed E-state index contributed by atoms with van der Waals surface area (Å²) in [7, 11) is 0. The van der Waals surface area contributed by atoms with Gasteiger partial charge < -0.3 is 10.1 Å². The van der Waals surface area contributed by atoms with Crippen molar-refractivity contribution in [2.45, 2.75) is 20.4 Å². The number of anilines is 1. The van der Waals surface area contributed by atoms with Gasteiger partial charge in [-0.15, -0.1) is 11.3 Å². The normalized spacial score (nSPS) is 10.3. The van der Waals surface area contributed by atoms with Crippen LogP contribution in [0.5, 0.6) is 0 Å². The molecule has 2 rings (SSSR count). The highest BCUT2D eigenvalue weighted by Crippen LogP contribution is 2.27. The monoisotopic (exact) mass is 293 g/mol. The number of aryl methyl sites for hydroxylation is 1. The van der Waals surface area contributed by atoms with Gasteiger partial charge in [0.1, 0.15) is 11.4 Å². The summed E-state index contributed by atoms with van der Waals surface area (Å²) in [4.78, 5) is 24.0. The predicted octanol–water partition coefficient (Wildman–Crippen LogP) is 2.07. The number of thiophene rings is 1. The Balaban J connectivity index is 2.01. The molecule has 0 spiro atoms. The standard InChI is InChI=1S/C13H15N3O3S/c1-3-19-13(18)12-9(2)7-11(20-12)15-10(17)8-16-6-4-5-14-16/h4-7H,3,8H2,1-2H3,(H,15,17). The highest BCUT2D eigenvalue weighted by atomic mass is 32.1. The minimum Gasteiger partial charge on any atom is -0.462 e. The van der Waals surface area contributed by atoms with Crippen LogP contribution in [0.25, 0.3) is 0 Å². The lowest BCUT2D eigenvalue weighted by Crippen LogP contribution is -2.18. The Morgan fingerprint density at radius 2 is 2.30 bits per heavy atom. The third kappa shape index (κ3) is 3.45. The number of ether oxygens (including phenoxy) is 1. The van der Waals surface area contributed by atoms with Crippen LogP contribution in [-0.4, -0.2) is 28.3 Å². The van der Waals surface area contributed by atoms with Crippen molar-refractivity contribution in [3.63, 3.8) is 0 Å². The smallest absolute Gasteiger partial charge is 0.348 e. The minimum absolute atomic E-state index is 0.138. The highest BCUT2D eigenvalue weighted by molar-refractivity contribution is 7.18. The number of amides is 1. The molecule has 6 nitrogen and oxygen atoms in total. The molecule has 0 radical (unpaired) electrons. The Bertz CT molecular complexity index is 604. The Hall–Kier alpha value is -2.15. The molecule has 0 aliphatic heterocycles. The fourth-order valence-corrected chi connectivity index (χ4v) is 2.64. The number of nitrogens with zero attached hydrogens (tertiary/aromatic N) is 2. The van der Waals surface area contributed by atoms with Crippen LogP contribution in [0, 0.1) is 6.92 Å². The van der Waals surface area contributed by atoms with E-state index in [0.717, 1.165) is 5.56 Å². The minimum atomic E-state index is -0.359. The van der Waals surface area contributed by atoms with Gasteiger partial charge in [0.2, 0.25) is 5.91 Å². The molecule has 0 saturated carbocycles. The maximum atomic E-state index is 11.8. The Morgan fingerprint density at radius 1 is 1.50 bits per heavy atom. The zero-order valence-electron chi connectivity index (χ0n) is 11.3. The fourth-order valence-electron chi connectivity index (χ4n) is 1.66. The number of rotatable bonds is 5. The van der Waals surface area contributed by atoms with E-state index in [1.54, 1.807) is 31.5 Å². The predicted molar refractivity (Wildman–Crippen MR) is 75.9 cm³/mol. The van der Waals surface area contributed by atoms with Crippen LogP contribution in [0.3, 0.4) is 0 Å². The second-order valence-corrected chi connectivity index (χ2v) is 5.15. The van der Waals surface area contributed by atoms with E-state index in [9.17, 15) is 9.59 Å². The van der Waals surface area contributed by atoms with Crippen molar-refractivity contribution in [1.29, 1.82) is 0 Å². The number of carbonyl (C=O) groups is 2. The molecule has 0 aromatic carbocycles. The summed E-state index contributed by atoms with van der Waals surface area (Å²) < 4.78 is 6.49. The lowest BCUT2D eigenvalue weighted by Gasteiger charge is -2.02. The number of esters is 1. The van der Waals surface area contributed by atoms with Crippen molar-refractivity contribution in [3.05, 3.63) is 35.0 Å². The molecule has 0 aliphatic carbocycles. The highest BCUT2D eigenvalue weighted by Gasteiger charge is 2.15. The molecule has 0 bridgehead atoms. The van der Waals surface area contributed by atoms with E-state index in [1.165, 1.54) is 16.0 Å². The third-order valence-electron chi connectivity index (χ3n) is 2.51. The molecule has 1 N–H and O–H groups in total. The summed E-state index contributed by atoms with van der Waals surface area (Å²) in [6.45, 7) is 4.04. The fraction of sp³-hybridized carbons (Fsp3) is 0.308. The molecular formula is C13H15N3O3S. The van der Waals surface area contributed by atoms with Crippen LogP contribution < -0.4 is 5.32 Å². The molecule has 1 amide bonds. The van der Waals surface area contributed by atoms with Gasteiger partial charge in [-0.25, -0.2) is 4.79 Å². The molecular weight excluding hydrogens is 278 g/mol. The largest absolute Gasteiger partial charge is 0.462 e. The molecule has 20 heavy (non-hydrogen) atoms. The molecule has 7 heteroatoms. The second kappa shape index (κ2) is 6.33. The molecule has 2 heterocycles. The van der Waals surface area contributed by atoms with E-state index in [2.05, 4.69) is 10.4 Å². The average Bonchev–Trinajstić information content (AvgIpc) is 2.99. The Kier molecular flexibility index (Phi) is 4.52. The van der Waals surface area contributed by atoms with Gasteiger partial charge in [-0.3, -0.25) is 9.48 Å². The molecule has 106 valence electrons. The Morgan fingerprint density at radius 3 is 2.95 bits per heavy atom. The van der Waals surface area contributed by atoms with E-state index < -0.39 is 0 Å². The molecule has 0 atom stereocenters. The molecule has 0 fully saturated rings. The van der Waals surface area contributed by atoms with Crippen LogP contribution in [0.4, 0.5) is 5.00 Å². The number of hydrogen-bond donors (Lipinski definition) is 1. The molecule has 2 aromatic heterocycles. The van der Waals surface area contributed by atoms with Gasteiger partial charge in [0.15, 0.2) is 0 Å². The summed E-state index contributed by atoms with van der Waals surface area (Å²) in [5.41, 5.74) is 0.794. The van der Waals surface area contributed by atoms with Gasteiger partial charge in [-0.2, -0.15) is 5.10 Å². The Labute approximate surface area is 120 Å². The van der Waals surface area contributed by atoms with Crippen molar-refractivity contribution in [1.82, 2.24) is 9.78 Å². The summed E-state index contributed by atoms with van der Waals surface area (Å²) in [5.74, 6) is -0.548. The number of hydrogen-bond acceptors (Lipinski definition) is 5. The maximum absolute atomic E-state index is 11.8. The summed E-state index contributed by atoms with van der Waals surface area (Å²) in [6.07, 6.45) is 3.32. The van der Waals surface area contributed by atoms with Crippen LogP contribution in [0.15, 0.2) is 24.5 Å². The first kappa shape index (κ1) is 14.3. The van der Waals surface area contributed by atoms with E-state index in [0.29, 0.717) is 16.5 Å². The van der Waals surface area contributed by atoms with Gasteiger partial charge in [0.05, 0.1) is 11.6 Å². The van der Waals surface area contributed by atoms with E-state index in [4.69, 9.17) is 4.74 Å². The second-order valence-electron chi connectivity index (χ2n) is 4.10. The van der Waals surface area contributed by atoms with Gasteiger partial charge in [-0.1, -0.05) is 0 Å². The number of carbonyl (C=O) groups excluding carboxylic acids is 2. The van der Waals surface area contributed by atoms with Crippen molar-refractivity contribution >= 4 is 28.2 Å². The lowest BCUT2D eigenvalue weighted by atomic mass is 10.3. The first-order chi connectivity index (χ1) is 9.60. The maximum Gasteiger partial charge on any atom is 0.348 e. The van der Waals surface area contributed by atoms with E-state index >= 15 is 0 Å². The van der Waals surface area contributed by atoms with Gasteiger partial charge in [-0.05, 0) is 31.5 Å². The zero-order valence-corrected chi connectivity index (χ0v) is 12.1. The third-order valence-corrected chi connectivity index (χ3v) is 3.64. The quantitative estimate of drug-likeness (QED) is 0.856. The first-order valence-electron chi connectivity index (χ1n) is 6.15. The van der Waals surface area contributed by atoms with E-state index in [-0.39, 0.29) is 18.4 Å². The summed E-state index contributed by atoms with van der Waals surface area (Å²) in [6, 6.07) is 3.51. The average molecular weight is 293 g/mol. The summed E-state index contributed by atoms with van der Waals surface area (Å²) in [5, 5.41) is 7.34. The number of nitrogens with one attached hydrogen (secondary N) is 1. The van der Waals surface area contributed by atoms with Crippen LogP contribution in [0.2, 0.25) is 0 Å². The van der Waals surface area contributed by atoms with Crippen LogP contribution in [-0.2, 0) is 16.1 Å².